The molecule has 5 nitrogen and oxygen atoms in total. The molecular weight excluding hydrogens is 251 g/mol. The van der Waals surface area contributed by atoms with Crippen molar-refractivity contribution in [2.24, 2.45) is 5.92 Å². The Bertz CT molecular complexity index is 475. The third-order valence-electron chi connectivity index (χ3n) is 2.27. The van der Waals surface area contributed by atoms with Crippen molar-refractivity contribution in [1.29, 1.82) is 0 Å². The van der Waals surface area contributed by atoms with E-state index in [4.69, 9.17) is 10.5 Å². The first-order chi connectivity index (χ1) is 8.90. The van der Waals surface area contributed by atoms with Crippen molar-refractivity contribution in [1.82, 2.24) is 5.32 Å². The first kappa shape index (κ1) is 14.9. The molecule has 0 aromatic heterocycles. The van der Waals surface area contributed by atoms with Gasteiger partial charge in [0.15, 0.2) is 6.61 Å². The molecule has 0 saturated carbocycles. The zero-order valence-electron chi connectivity index (χ0n) is 10.9. The number of rotatable bonds is 5. The topological polar surface area (TPSA) is 81.4 Å². The van der Waals surface area contributed by atoms with Crippen molar-refractivity contribution in [3.8, 4) is 0 Å². The number of hydrogen-bond acceptors (Lipinski definition) is 4. The van der Waals surface area contributed by atoms with Crippen LogP contribution in [0.5, 0.6) is 0 Å². The maximum atomic E-state index is 12.9. The van der Waals surface area contributed by atoms with Crippen LogP contribution in [0.25, 0.3) is 0 Å². The molecule has 0 aliphatic rings. The highest BCUT2D eigenvalue weighted by molar-refractivity contribution is 5.92. The standard InChI is InChI=1S/C13H17FN2O3/c1-8(2)6-16-12(17)7-19-13(18)9-3-4-10(14)11(15)5-9/h3-5,8H,6-7,15H2,1-2H3,(H,16,17). The number of carbonyl (C=O) groups is 2. The van der Waals surface area contributed by atoms with Crippen LogP contribution in [-0.4, -0.2) is 25.0 Å². The fraction of sp³-hybridized carbons (Fsp3) is 0.385. The lowest BCUT2D eigenvalue weighted by molar-refractivity contribution is -0.124. The van der Waals surface area contributed by atoms with Gasteiger partial charge in [0, 0.05) is 6.54 Å². The number of halogens is 1. The maximum Gasteiger partial charge on any atom is 0.338 e. The Morgan fingerprint density at radius 2 is 2.11 bits per heavy atom. The second-order valence-corrected chi connectivity index (χ2v) is 4.51. The third-order valence-corrected chi connectivity index (χ3v) is 2.27. The molecule has 0 radical (unpaired) electrons. The first-order valence-corrected chi connectivity index (χ1v) is 5.89. The Hall–Kier alpha value is -2.11. The minimum atomic E-state index is -0.716. The smallest absolute Gasteiger partial charge is 0.338 e. The van der Waals surface area contributed by atoms with Crippen LogP contribution < -0.4 is 11.1 Å². The SMILES string of the molecule is CC(C)CNC(=O)COC(=O)c1ccc(F)c(N)c1. The average Bonchev–Trinajstić information content (AvgIpc) is 2.36. The van der Waals surface area contributed by atoms with E-state index in [9.17, 15) is 14.0 Å². The number of ether oxygens (including phenoxy) is 1. The molecule has 3 N–H and O–H groups in total. The highest BCUT2D eigenvalue weighted by atomic mass is 19.1. The van der Waals surface area contributed by atoms with Crippen LogP contribution in [0.2, 0.25) is 0 Å². The molecule has 0 heterocycles. The van der Waals surface area contributed by atoms with Crippen molar-refractivity contribution in [3.63, 3.8) is 0 Å². The quantitative estimate of drug-likeness (QED) is 0.623. The Kier molecular flexibility index (Phi) is 5.29. The molecule has 0 aliphatic carbocycles. The summed E-state index contributed by atoms with van der Waals surface area (Å²) in [5, 5.41) is 2.61. The predicted octanol–water partition coefficient (Wildman–Crippen LogP) is 1.34. The number of nitrogen functional groups attached to an aromatic ring is 1. The van der Waals surface area contributed by atoms with E-state index in [-0.39, 0.29) is 23.8 Å². The number of benzene rings is 1. The van der Waals surface area contributed by atoms with Gasteiger partial charge in [0.1, 0.15) is 5.82 Å². The summed E-state index contributed by atoms with van der Waals surface area (Å²) < 4.78 is 17.7. The number of hydrogen-bond donors (Lipinski definition) is 2. The molecule has 0 bridgehead atoms. The second kappa shape index (κ2) is 6.72. The molecule has 1 aromatic carbocycles. The summed E-state index contributed by atoms with van der Waals surface area (Å²) in [5.41, 5.74) is 5.30. The number of nitrogens with two attached hydrogens (primary N) is 1. The van der Waals surface area contributed by atoms with Crippen molar-refractivity contribution in [2.45, 2.75) is 13.8 Å². The van der Waals surface area contributed by atoms with Gasteiger partial charge in [0.25, 0.3) is 5.91 Å². The molecule has 0 fully saturated rings. The monoisotopic (exact) mass is 268 g/mol. The van der Waals surface area contributed by atoms with Crippen molar-refractivity contribution in [2.75, 3.05) is 18.9 Å². The normalized spacial score (nSPS) is 10.3. The first-order valence-electron chi connectivity index (χ1n) is 5.89. The van der Waals surface area contributed by atoms with Crippen LogP contribution in [0.15, 0.2) is 18.2 Å². The van der Waals surface area contributed by atoms with Gasteiger partial charge in [-0.2, -0.15) is 0 Å². The maximum absolute atomic E-state index is 12.9. The summed E-state index contributed by atoms with van der Waals surface area (Å²) in [6.45, 7) is 4.05. The number of amides is 1. The van der Waals surface area contributed by atoms with E-state index in [1.807, 2.05) is 13.8 Å². The average molecular weight is 268 g/mol. The molecule has 1 rings (SSSR count). The van der Waals surface area contributed by atoms with Crippen LogP contribution in [0.4, 0.5) is 10.1 Å². The lowest BCUT2D eigenvalue weighted by Crippen LogP contribution is -2.31. The van der Waals surface area contributed by atoms with Crippen molar-refractivity contribution in [3.05, 3.63) is 29.6 Å². The van der Waals surface area contributed by atoms with Gasteiger partial charge in [-0.1, -0.05) is 13.8 Å². The Morgan fingerprint density at radius 1 is 1.42 bits per heavy atom. The summed E-state index contributed by atoms with van der Waals surface area (Å²) >= 11 is 0. The van der Waals surface area contributed by atoms with E-state index >= 15 is 0 Å². The van der Waals surface area contributed by atoms with Crippen LogP contribution >= 0.6 is 0 Å². The van der Waals surface area contributed by atoms with Gasteiger partial charge in [-0.15, -0.1) is 0 Å². The van der Waals surface area contributed by atoms with Gasteiger partial charge in [-0.25, -0.2) is 9.18 Å². The molecular formula is C13H17FN2O3. The van der Waals surface area contributed by atoms with Gasteiger partial charge in [-0.05, 0) is 24.1 Å². The number of nitrogens with one attached hydrogen (secondary N) is 1. The summed E-state index contributed by atoms with van der Waals surface area (Å²) in [7, 11) is 0. The van der Waals surface area contributed by atoms with Gasteiger partial charge >= 0.3 is 5.97 Å². The third kappa shape index (κ3) is 4.95. The molecule has 19 heavy (non-hydrogen) atoms. The fourth-order valence-corrected chi connectivity index (χ4v) is 1.25. The summed E-state index contributed by atoms with van der Waals surface area (Å²) in [5.74, 6) is -1.38. The van der Waals surface area contributed by atoms with Gasteiger partial charge in [0.05, 0.1) is 11.3 Å². The van der Waals surface area contributed by atoms with E-state index in [0.717, 1.165) is 6.07 Å². The van der Waals surface area contributed by atoms with Crippen LogP contribution in [0.3, 0.4) is 0 Å². The van der Waals surface area contributed by atoms with Gasteiger partial charge < -0.3 is 15.8 Å². The predicted molar refractivity (Wildman–Crippen MR) is 68.9 cm³/mol. The number of esters is 1. The minimum absolute atomic E-state index is 0.107. The van der Waals surface area contributed by atoms with Crippen LogP contribution in [-0.2, 0) is 9.53 Å². The number of carbonyl (C=O) groups excluding carboxylic acids is 2. The molecule has 104 valence electrons. The van der Waals surface area contributed by atoms with Crippen LogP contribution in [0.1, 0.15) is 24.2 Å². The highest BCUT2D eigenvalue weighted by Gasteiger charge is 2.11. The second-order valence-electron chi connectivity index (χ2n) is 4.51. The Balaban J connectivity index is 2.47. The van der Waals surface area contributed by atoms with Crippen molar-refractivity contribution >= 4 is 17.6 Å². The molecule has 0 aliphatic heterocycles. The Morgan fingerprint density at radius 3 is 2.68 bits per heavy atom. The van der Waals surface area contributed by atoms with Crippen LogP contribution in [0, 0.1) is 11.7 Å². The summed E-state index contributed by atoms with van der Waals surface area (Å²) in [4.78, 5) is 22.9. The molecule has 1 amide bonds. The Labute approximate surface area is 110 Å². The fourth-order valence-electron chi connectivity index (χ4n) is 1.25. The highest BCUT2D eigenvalue weighted by Crippen LogP contribution is 2.12. The molecule has 6 heteroatoms. The van der Waals surface area contributed by atoms with E-state index in [1.54, 1.807) is 0 Å². The summed E-state index contributed by atoms with van der Waals surface area (Å²) in [6, 6.07) is 3.49. The zero-order chi connectivity index (χ0) is 14.4. The molecule has 0 saturated heterocycles. The van der Waals surface area contributed by atoms with E-state index in [1.165, 1.54) is 12.1 Å². The van der Waals surface area contributed by atoms with Crippen molar-refractivity contribution < 1.29 is 18.7 Å². The molecule has 1 aromatic rings. The van der Waals surface area contributed by atoms with E-state index < -0.39 is 11.8 Å². The lowest BCUT2D eigenvalue weighted by atomic mass is 10.2. The van der Waals surface area contributed by atoms with Gasteiger partial charge in [-0.3, -0.25) is 4.79 Å². The zero-order valence-corrected chi connectivity index (χ0v) is 10.9. The van der Waals surface area contributed by atoms with E-state index in [0.29, 0.717) is 12.5 Å². The van der Waals surface area contributed by atoms with E-state index in [2.05, 4.69) is 5.32 Å². The molecule has 0 spiro atoms. The molecule has 0 unspecified atom stereocenters. The summed E-state index contributed by atoms with van der Waals surface area (Å²) in [6.07, 6.45) is 0. The van der Waals surface area contributed by atoms with Gasteiger partial charge in [0.2, 0.25) is 0 Å². The largest absolute Gasteiger partial charge is 0.452 e. The lowest BCUT2D eigenvalue weighted by Gasteiger charge is -2.08. The minimum Gasteiger partial charge on any atom is -0.452 e. The molecule has 0 atom stereocenters. The number of anilines is 1.